The molecule has 0 aromatic carbocycles. The second kappa shape index (κ2) is 7.19. The molecule has 106 valence electrons. The minimum atomic E-state index is -0.342. The van der Waals surface area contributed by atoms with Crippen molar-refractivity contribution < 1.29 is 4.92 Å². The highest BCUT2D eigenvalue weighted by Crippen LogP contribution is 2.28. The number of pyridine rings is 1. The Hall–Kier alpha value is -1.49. The third-order valence-corrected chi connectivity index (χ3v) is 3.37. The summed E-state index contributed by atoms with van der Waals surface area (Å²) in [4.78, 5) is 15.2. The first-order valence-corrected chi connectivity index (χ1v) is 6.86. The minimum Gasteiger partial charge on any atom is -0.313 e. The van der Waals surface area contributed by atoms with Gasteiger partial charge in [0.1, 0.15) is 5.69 Å². The molecule has 1 aromatic rings. The van der Waals surface area contributed by atoms with Gasteiger partial charge in [-0.2, -0.15) is 0 Å². The van der Waals surface area contributed by atoms with Crippen LogP contribution in [0.2, 0.25) is 0 Å². The van der Waals surface area contributed by atoms with E-state index in [1.165, 1.54) is 0 Å². The quantitative estimate of drug-likeness (QED) is 0.607. The highest BCUT2D eigenvalue weighted by molar-refractivity contribution is 5.39. The van der Waals surface area contributed by atoms with Crippen LogP contribution in [0, 0.1) is 17.0 Å². The molecule has 5 heteroatoms. The number of rotatable bonds is 7. The minimum absolute atomic E-state index is 0.0249. The van der Waals surface area contributed by atoms with Gasteiger partial charge in [-0.3, -0.25) is 15.1 Å². The number of hydrogen-bond acceptors (Lipinski definition) is 4. The van der Waals surface area contributed by atoms with Crippen molar-refractivity contribution in [2.75, 3.05) is 6.54 Å². The van der Waals surface area contributed by atoms with Crippen LogP contribution in [-0.2, 0) is 0 Å². The topological polar surface area (TPSA) is 68.1 Å². The van der Waals surface area contributed by atoms with Crippen LogP contribution in [0.4, 0.5) is 5.69 Å². The van der Waals surface area contributed by atoms with Crippen molar-refractivity contribution >= 4 is 5.69 Å². The Morgan fingerprint density at radius 1 is 1.42 bits per heavy atom. The highest BCUT2D eigenvalue weighted by atomic mass is 16.6. The first-order chi connectivity index (χ1) is 9.01. The second-order valence-electron chi connectivity index (χ2n) is 4.87. The van der Waals surface area contributed by atoms with Gasteiger partial charge in [0, 0.05) is 23.7 Å². The van der Waals surface area contributed by atoms with Gasteiger partial charge in [0.25, 0.3) is 5.69 Å². The van der Waals surface area contributed by atoms with Crippen LogP contribution in [0.1, 0.15) is 50.9 Å². The maximum absolute atomic E-state index is 11.1. The molecule has 0 fully saturated rings. The fourth-order valence-corrected chi connectivity index (χ4v) is 2.25. The maximum Gasteiger partial charge on any atom is 0.291 e. The van der Waals surface area contributed by atoms with Crippen LogP contribution in [0.3, 0.4) is 0 Å². The first kappa shape index (κ1) is 15.6. The molecule has 19 heavy (non-hydrogen) atoms. The molecule has 0 aliphatic heterocycles. The predicted octanol–water partition coefficient (Wildman–Crippen LogP) is 3.18. The van der Waals surface area contributed by atoms with E-state index in [-0.39, 0.29) is 22.6 Å². The summed E-state index contributed by atoms with van der Waals surface area (Å²) < 4.78 is 0. The van der Waals surface area contributed by atoms with Crippen LogP contribution in [-0.4, -0.2) is 22.5 Å². The van der Waals surface area contributed by atoms with Crippen molar-refractivity contribution in [1.29, 1.82) is 0 Å². The zero-order valence-electron chi connectivity index (χ0n) is 12.1. The molecule has 1 N–H and O–H groups in total. The van der Waals surface area contributed by atoms with Gasteiger partial charge >= 0.3 is 0 Å². The molecule has 1 rings (SSSR count). The largest absolute Gasteiger partial charge is 0.313 e. The Bertz CT molecular complexity index is 435. The van der Waals surface area contributed by atoms with Crippen LogP contribution < -0.4 is 5.32 Å². The molecule has 2 unspecified atom stereocenters. The van der Waals surface area contributed by atoms with Crippen LogP contribution in [0.25, 0.3) is 0 Å². The lowest BCUT2D eigenvalue weighted by Crippen LogP contribution is -2.34. The van der Waals surface area contributed by atoms with Crippen LogP contribution in [0.5, 0.6) is 0 Å². The molecule has 0 radical (unpaired) electrons. The molecule has 0 aliphatic rings. The number of aromatic nitrogens is 1. The molecular formula is C14H23N3O2. The van der Waals surface area contributed by atoms with E-state index in [1.807, 2.05) is 13.8 Å². The fourth-order valence-electron chi connectivity index (χ4n) is 2.25. The van der Waals surface area contributed by atoms with E-state index in [0.717, 1.165) is 25.1 Å². The summed E-state index contributed by atoms with van der Waals surface area (Å²) in [6.45, 7) is 8.98. The van der Waals surface area contributed by atoms with E-state index < -0.39 is 0 Å². The van der Waals surface area contributed by atoms with Gasteiger partial charge in [-0.15, -0.1) is 0 Å². The average molecular weight is 265 g/mol. The molecule has 1 aromatic heterocycles. The average Bonchev–Trinajstić information content (AvgIpc) is 2.38. The van der Waals surface area contributed by atoms with E-state index in [9.17, 15) is 10.1 Å². The van der Waals surface area contributed by atoms with E-state index in [0.29, 0.717) is 5.69 Å². The number of aryl methyl sites for hydroxylation is 1. The Morgan fingerprint density at radius 3 is 2.63 bits per heavy atom. The summed E-state index contributed by atoms with van der Waals surface area (Å²) in [6, 6.07) is 3.46. The van der Waals surface area contributed by atoms with Crippen molar-refractivity contribution in [2.24, 2.45) is 0 Å². The molecule has 0 amide bonds. The highest BCUT2D eigenvalue weighted by Gasteiger charge is 2.26. The SMILES string of the molecule is CCCNC(CC)C(C)c1nc(C)ccc1[N+](=O)[O-]. The van der Waals surface area contributed by atoms with Gasteiger partial charge in [0.15, 0.2) is 0 Å². The lowest BCUT2D eigenvalue weighted by atomic mass is 9.94. The smallest absolute Gasteiger partial charge is 0.291 e. The maximum atomic E-state index is 11.1. The Morgan fingerprint density at radius 2 is 2.11 bits per heavy atom. The van der Waals surface area contributed by atoms with E-state index in [2.05, 4.69) is 24.1 Å². The van der Waals surface area contributed by atoms with Gasteiger partial charge in [-0.05, 0) is 32.4 Å². The van der Waals surface area contributed by atoms with E-state index in [4.69, 9.17) is 0 Å². The normalized spacial score (nSPS) is 14.1. The van der Waals surface area contributed by atoms with Gasteiger partial charge in [-0.25, -0.2) is 0 Å². The number of nitro groups is 1. The summed E-state index contributed by atoms with van der Waals surface area (Å²) in [5.74, 6) is 0.0249. The number of hydrogen-bond donors (Lipinski definition) is 1. The Kier molecular flexibility index (Phi) is 5.89. The second-order valence-corrected chi connectivity index (χ2v) is 4.87. The number of nitrogens with zero attached hydrogens (tertiary/aromatic N) is 2. The van der Waals surface area contributed by atoms with E-state index >= 15 is 0 Å². The predicted molar refractivity (Wildman–Crippen MR) is 76.4 cm³/mol. The summed E-state index contributed by atoms with van der Waals surface area (Å²) >= 11 is 0. The molecular weight excluding hydrogens is 242 g/mol. The van der Waals surface area contributed by atoms with E-state index in [1.54, 1.807) is 12.1 Å². The first-order valence-electron chi connectivity index (χ1n) is 6.86. The van der Waals surface area contributed by atoms with Crippen molar-refractivity contribution in [3.05, 3.63) is 33.6 Å². The summed E-state index contributed by atoms with van der Waals surface area (Å²) in [6.07, 6.45) is 1.97. The summed E-state index contributed by atoms with van der Waals surface area (Å²) in [5.41, 5.74) is 1.52. The van der Waals surface area contributed by atoms with Crippen molar-refractivity contribution in [1.82, 2.24) is 10.3 Å². The van der Waals surface area contributed by atoms with Gasteiger partial charge in [-0.1, -0.05) is 20.8 Å². The third kappa shape index (κ3) is 3.99. The van der Waals surface area contributed by atoms with Gasteiger partial charge in [0.05, 0.1) is 4.92 Å². The number of nitrogens with one attached hydrogen (secondary N) is 1. The molecule has 1 heterocycles. The molecule has 0 saturated carbocycles. The zero-order chi connectivity index (χ0) is 14.4. The standard InChI is InChI=1S/C14H23N3O2/c1-5-9-15-12(6-2)11(4)14-13(17(18)19)8-7-10(3)16-14/h7-8,11-12,15H,5-6,9H2,1-4H3. The van der Waals surface area contributed by atoms with Crippen LogP contribution in [0.15, 0.2) is 12.1 Å². The lowest BCUT2D eigenvalue weighted by molar-refractivity contribution is -0.386. The molecule has 0 bridgehead atoms. The molecule has 0 aliphatic carbocycles. The summed E-state index contributed by atoms with van der Waals surface area (Å²) in [7, 11) is 0. The van der Waals surface area contributed by atoms with Crippen molar-refractivity contribution in [3.63, 3.8) is 0 Å². The third-order valence-electron chi connectivity index (χ3n) is 3.37. The summed E-state index contributed by atoms with van der Waals surface area (Å²) in [5, 5.41) is 14.5. The fraction of sp³-hybridized carbons (Fsp3) is 0.643. The van der Waals surface area contributed by atoms with Gasteiger partial charge < -0.3 is 5.32 Å². The van der Waals surface area contributed by atoms with Crippen molar-refractivity contribution in [3.8, 4) is 0 Å². The van der Waals surface area contributed by atoms with Crippen LogP contribution >= 0.6 is 0 Å². The molecule has 0 spiro atoms. The zero-order valence-corrected chi connectivity index (χ0v) is 12.1. The monoisotopic (exact) mass is 265 g/mol. The lowest BCUT2D eigenvalue weighted by Gasteiger charge is -2.23. The van der Waals surface area contributed by atoms with Gasteiger partial charge in [0.2, 0.25) is 0 Å². The Balaban J connectivity index is 3.05. The molecule has 0 saturated heterocycles. The van der Waals surface area contributed by atoms with Crippen molar-refractivity contribution in [2.45, 2.75) is 52.5 Å². The Labute approximate surface area is 114 Å². The molecule has 5 nitrogen and oxygen atoms in total. The molecule has 2 atom stereocenters.